The second-order valence-corrected chi connectivity index (χ2v) is 6.11. The molecule has 0 saturated heterocycles. The van der Waals surface area contributed by atoms with Gasteiger partial charge in [-0.15, -0.1) is 11.6 Å². The quantitative estimate of drug-likeness (QED) is 0.769. The van der Waals surface area contributed by atoms with Crippen molar-refractivity contribution < 1.29 is 0 Å². The van der Waals surface area contributed by atoms with Crippen LogP contribution in [0.5, 0.6) is 0 Å². The van der Waals surface area contributed by atoms with E-state index in [-0.39, 0.29) is 0 Å². The van der Waals surface area contributed by atoms with Crippen LogP contribution < -0.4 is 0 Å². The highest BCUT2D eigenvalue weighted by Gasteiger charge is 2.19. The molecule has 0 spiro atoms. The maximum atomic E-state index is 6.05. The molecule has 106 valence electrons. The van der Waals surface area contributed by atoms with Crippen molar-refractivity contribution in [3.8, 4) is 0 Å². The van der Waals surface area contributed by atoms with Crippen molar-refractivity contribution >= 4 is 34.5 Å². The Morgan fingerprint density at radius 3 is 2.74 bits per heavy atom. The summed E-state index contributed by atoms with van der Waals surface area (Å²) in [5, 5.41) is 4.54. The molecule has 0 bridgehead atoms. The summed E-state index contributed by atoms with van der Waals surface area (Å²) in [7, 11) is 1.98. The van der Waals surface area contributed by atoms with Crippen LogP contribution >= 0.6 is 23.4 Å². The summed E-state index contributed by atoms with van der Waals surface area (Å²) in [6.45, 7) is 5.32. The largest absolute Gasteiger partial charge is 0.312 e. The Labute approximate surface area is 123 Å². The fourth-order valence-electron chi connectivity index (χ4n) is 2.47. The SMILES string of the molecule is CCc1nn(C)c2c1nc(CCl)n2CC(C)CSC. The molecule has 0 aliphatic heterocycles. The van der Waals surface area contributed by atoms with E-state index in [1.54, 1.807) is 0 Å². The van der Waals surface area contributed by atoms with E-state index in [1.165, 1.54) is 0 Å². The summed E-state index contributed by atoms with van der Waals surface area (Å²) < 4.78 is 4.17. The monoisotopic (exact) mass is 300 g/mol. The van der Waals surface area contributed by atoms with E-state index in [0.717, 1.165) is 41.4 Å². The first kappa shape index (κ1) is 14.7. The zero-order valence-corrected chi connectivity index (χ0v) is 13.6. The zero-order chi connectivity index (χ0) is 14.0. The van der Waals surface area contributed by atoms with E-state index >= 15 is 0 Å². The molecule has 19 heavy (non-hydrogen) atoms. The topological polar surface area (TPSA) is 35.6 Å². The van der Waals surface area contributed by atoms with Gasteiger partial charge in [0.25, 0.3) is 0 Å². The van der Waals surface area contributed by atoms with Gasteiger partial charge < -0.3 is 4.57 Å². The number of imidazole rings is 1. The minimum atomic E-state index is 0.448. The molecule has 1 atom stereocenters. The molecule has 2 aromatic rings. The van der Waals surface area contributed by atoms with Crippen LogP contribution in [-0.4, -0.2) is 31.3 Å². The molecule has 0 saturated carbocycles. The van der Waals surface area contributed by atoms with Crippen molar-refractivity contribution in [2.75, 3.05) is 12.0 Å². The summed E-state index contributed by atoms with van der Waals surface area (Å²) >= 11 is 7.93. The lowest BCUT2D eigenvalue weighted by atomic mass is 10.2. The second kappa shape index (κ2) is 6.18. The average Bonchev–Trinajstić information content (AvgIpc) is 2.88. The number of fused-ring (bicyclic) bond motifs is 1. The molecular weight excluding hydrogens is 280 g/mol. The standard InChI is InChI=1S/C13H21ClN4S/c1-5-10-12-13(17(3)16-10)18(11(6-14)15-12)7-9(2)8-19-4/h9H,5-8H2,1-4H3. The minimum Gasteiger partial charge on any atom is -0.312 e. The first-order valence-corrected chi connectivity index (χ1v) is 8.51. The average molecular weight is 301 g/mol. The summed E-state index contributed by atoms with van der Waals surface area (Å²) in [6, 6.07) is 0. The Bertz CT molecular complexity index is 560. The van der Waals surface area contributed by atoms with Crippen molar-refractivity contribution in [3.63, 3.8) is 0 Å². The van der Waals surface area contributed by atoms with Crippen molar-refractivity contribution in [1.29, 1.82) is 0 Å². The summed E-state index contributed by atoms with van der Waals surface area (Å²) in [5.74, 6) is 3.13. The van der Waals surface area contributed by atoms with Gasteiger partial charge in [-0.05, 0) is 24.3 Å². The van der Waals surface area contributed by atoms with Crippen molar-refractivity contribution in [2.45, 2.75) is 32.7 Å². The van der Waals surface area contributed by atoms with Crippen molar-refractivity contribution in [3.05, 3.63) is 11.5 Å². The number of alkyl halides is 1. The van der Waals surface area contributed by atoms with Gasteiger partial charge in [0, 0.05) is 13.6 Å². The number of nitrogens with zero attached hydrogens (tertiary/aromatic N) is 4. The van der Waals surface area contributed by atoms with E-state index in [9.17, 15) is 0 Å². The predicted octanol–water partition coefficient (Wildman–Crippen LogP) is 3.07. The Morgan fingerprint density at radius 1 is 1.42 bits per heavy atom. The third-order valence-electron chi connectivity index (χ3n) is 3.27. The van der Waals surface area contributed by atoms with Crippen LogP contribution in [-0.2, 0) is 25.9 Å². The van der Waals surface area contributed by atoms with E-state index < -0.39 is 0 Å². The molecule has 0 aromatic carbocycles. The van der Waals surface area contributed by atoms with Crippen LogP contribution in [0.25, 0.3) is 11.2 Å². The molecule has 6 heteroatoms. The number of halogens is 1. The van der Waals surface area contributed by atoms with Crippen molar-refractivity contribution in [2.24, 2.45) is 13.0 Å². The highest BCUT2D eigenvalue weighted by molar-refractivity contribution is 7.98. The molecule has 0 aliphatic rings. The first-order valence-electron chi connectivity index (χ1n) is 6.58. The lowest BCUT2D eigenvalue weighted by Gasteiger charge is -2.13. The number of aryl methyl sites for hydroxylation is 2. The van der Waals surface area contributed by atoms with Gasteiger partial charge in [0.15, 0.2) is 5.65 Å². The zero-order valence-electron chi connectivity index (χ0n) is 12.0. The lowest BCUT2D eigenvalue weighted by molar-refractivity contribution is 0.520. The molecule has 0 amide bonds. The maximum absolute atomic E-state index is 6.05. The van der Waals surface area contributed by atoms with E-state index in [2.05, 4.69) is 34.8 Å². The Morgan fingerprint density at radius 2 is 2.16 bits per heavy atom. The van der Waals surface area contributed by atoms with Gasteiger partial charge in [0.05, 0.1) is 11.6 Å². The molecule has 1 unspecified atom stereocenters. The second-order valence-electron chi connectivity index (χ2n) is 4.93. The van der Waals surface area contributed by atoms with Crippen LogP contribution in [0.3, 0.4) is 0 Å². The van der Waals surface area contributed by atoms with Gasteiger partial charge in [-0.2, -0.15) is 16.9 Å². The number of hydrogen-bond acceptors (Lipinski definition) is 3. The predicted molar refractivity (Wildman–Crippen MR) is 83.0 cm³/mol. The van der Waals surface area contributed by atoms with Crippen LogP contribution in [0.2, 0.25) is 0 Å². The molecule has 0 aliphatic carbocycles. The third-order valence-corrected chi connectivity index (χ3v) is 4.41. The molecule has 0 radical (unpaired) electrons. The molecule has 2 aromatic heterocycles. The molecule has 2 heterocycles. The normalized spacial score (nSPS) is 13.3. The number of hydrogen-bond donors (Lipinski definition) is 0. The Hall–Kier alpha value is -0.680. The minimum absolute atomic E-state index is 0.448. The number of rotatable bonds is 6. The summed E-state index contributed by atoms with van der Waals surface area (Å²) in [5.41, 5.74) is 3.16. The highest BCUT2D eigenvalue weighted by Crippen LogP contribution is 2.22. The molecule has 4 nitrogen and oxygen atoms in total. The van der Waals surface area contributed by atoms with E-state index in [0.29, 0.717) is 11.8 Å². The molecule has 0 N–H and O–H groups in total. The third kappa shape index (κ3) is 2.77. The van der Waals surface area contributed by atoms with Crippen LogP contribution in [0, 0.1) is 5.92 Å². The smallest absolute Gasteiger partial charge is 0.158 e. The summed E-state index contributed by atoms with van der Waals surface area (Å²) in [4.78, 5) is 4.68. The summed E-state index contributed by atoms with van der Waals surface area (Å²) in [6.07, 6.45) is 3.04. The number of aromatic nitrogens is 4. The van der Waals surface area contributed by atoms with Gasteiger partial charge in [-0.3, -0.25) is 4.68 Å². The fourth-order valence-corrected chi connectivity index (χ4v) is 3.35. The first-order chi connectivity index (χ1) is 9.12. The van der Waals surface area contributed by atoms with Gasteiger partial charge in [0.2, 0.25) is 0 Å². The lowest BCUT2D eigenvalue weighted by Crippen LogP contribution is -2.14. The Balaban J connectivity index is 2.47. The van der Waals surface area contributed by atoms with E-state index in [4.69, 9.17) is 11.6 Å². The van der Waals surface area contributed by atoms with Gasteiger partial charge >= 0.3 is 0 Å². The Kier molecular flexibility index (Phi) is 4.79. The molecule has 2 rings (SSSR count). The van der Waals surface area contributed by atoms with Gasteiger partial charge in [-0.25, -0.2) is 4.98 Å². The highest BCUT2D eigenvalue weighted by atomic mass is 35.5. The van der Waals surface area contributed by atoms with Crippen LogP contribution in [0.15, 0.2) is 0 Å². The molecular formula is C13H21ClN4S. The fraction of sp³-hybridized carbons (Fsp3) is 0.692. The van der Waals surface area contributed by atoms with Crippen molar-refractivity contribution in [1.82, 2.24) is 19.3 Å². The number of thioether (sulfide) groups is 1. The molecule has 0 fully saturated rings. The van der Waals surface area contributed by atoms with Crippen LogP contribution in [0.4, 0.5) is 0 Å². The van der Waals surface area contributed by atoms with Gasteiger partial charge in [0.1, 0.15) is 11.3 Å². The maximum Gasteiger partial charge on any atom is 0.158 e. The van der Waals surface area contributed by atoms with Crippen LogP contribution in [0.1, 0.15) is 25.4 Å². The van der Waals surface area contributed by atoms with Gasteiger partial charge in [-0.1, -0.05) is 13.8 Å². The van der Waals surface area contributed by atoms with E-state index in [1.807, 2.05) is 23.5 Å².